The normalized spacial score (nSPS) is 51.7. The maximum absolute atomic E-state index is 3.52. The fraction of sp³-hybridized carbons (Fsp3) is 0.875. The Balaban J connectivity index is 2.30. The first-order valence-electron chi connectivity index (χ1n) is 6.93. The third-order valence-corrected chi connectivity index (χ3v) is 5.58. The van der Waals surface area contributed by atoms with Gasteiger partial charge in [0.25, 0.3) is 0 Å². The maximum atomic E-state index is 3.52. The summed E-state index contributed by atoms with van der Waals surface area (Å²) in [6, 6.07) is 0. The molecule has 2 saturated carbocycles. The Morgan fingerprint density at radius 1 is 1.06 bits per heavy atom. The van der Waals surface area contributed by atoms with E-state index in [1.807, 2.05) is 6.92 Å². The Kier molecular flexibility index (Phi) is 3.08. The predicted molar refractivity (Wildman–Crippen MR) is 69.9 cm³/mol. The number of rotatable bonds is 0. The van der Waals surface area contributed by atoms with Crippen LogP contribution in [0.4, 0.5) is 0 Å². The van der Waals surface area contributed by atoms with Crippen LogP contribution in [0.1, 0.15) is 53.9 Å². The van der Waals surface area contributed by atoms with Crippen molar-refractivity contribution in [1.29, 1.82) is 0 Å². The van der Waals surface area contributed by atoms with E-state index < -0.39 is 0 Å². The monoisotopic (exact) mass is 218 g/mol. The van der Waals surface area contributed by atoms with Crippen molar-refractivity contribution >= 4 is 0 Å². The van der Waals surface area contributed by atoms with Crippen molar-refractivity contribution < 1.29 is 0 Å². The summed E-state index contributed by atoms with van der Waals surface area (Å²) in [5, 5.41) is 0. The zero-order chi connectivity index (χ0) is 11.9. The van der Waals surface area contributed by atoms with E-state index in [0.717, 1.165) is 29.6 Å². The van der Waals surface area contributed by atoms with Crippen molar-refractivity contribution in [2.75, 3.05) is 0 Å². The molecule has 2 aliphatic rings. The van der Waals surface area contributed by atoms with Gasteiger partial charge in [-0.25, -0.2) is 0 Å². The van der Waals surface area contributed by atoms with Crippen molar-refractivity contribution in [3.05, 3.63) is 0 Å². The van der Waals surface area contributed by atoms with Crippen LogP contribution >= 0.6 is 0 Å². The Labute approximate surface area is 101 Å². The smallest absolute Gasteiger partial charge is 0.0317 e. The molecule has 0 saturated heterocycles. The molecule has 0 heteroatoms. The second kappa shape index (κ2) is 4.10. The highest BCUT2D eigenvalue weighted by molar-refractivity contribution is 5.15. The molecule has 0 amide bonds. The fourth-order valence-corrected chi connectivity index (χ4v) is 4.67. The molecule has 0 aromatic carbocycles. The first-order valence-corrected chi connectivity index (χ1v) is 6.93. The molecule has 0 aliphatic heterocycles. The van der Waals surface area contributed by atoms with E-state index in [-0.39, 0.29) is 5.41 Å². The molecule has 0 radical (unpaired) electrons. The van der Waals surface area contributed by atoms with E-state index in [2.05, 4.69) is 39.5 Å². The standard InChI is InChI=1S/C16H26/c1-6-9-16(5)10-12(3)14-8-7-11(2)15(14)13(16)4/h11-15H,7-8,10H2,1-5H3/t11?,12?,13?,14-,15?,16?/m0/s1. The van der Waals surface area contributed by atoms with Crippen LogP contribution < -0.4 is 0 Å². The van der Waals surface area contributed by atoms with E-state index >= 15 is 0 Å². The summed E-state index contributed by atoms with van der Waals surface area (Å²) in [5.74, 6) is 11.2. The minimum absolute atomic E-state index is 0.272. The Morgan fingerprint density at radius 2 is 1.75 bits per heavy atom. The van der Waals surface area contributed by atoms with Crippen molar-refractivity contribution in [1.82, 2.24) is 0 Å². The van der Waals surface area contributed by atoms with Crippen molar-refractivity contribution in [3.8, 4) is 11.8 Å². The van der Waals surface area contributed by atoms with Gasteiger partial charge in [-0.3, -0.25) is 0 Å². The van der Waals surface area contributed by atoms with Gasteiger partial charge >= 0.3 is 0 Å². The summed E-state index contributed by atoms with van der Waals surface area (Å²) in [5.41, 5.74) is 0.272. The van der Waals surface area contributed by atoms with E-state index in [4.69, 9.17) is 0 Å². The average molecular weight is 218 g/mol. The summed E-state index contributed by atoms with van der Waals surface area (Å²) in [4.78, 5) is 0. The van der Waals surface area contributed by atoms with E-state index in [9.17, 15) is 0 Å². The van der Waals surface area contributed by atoms with Gasteiger partial charge in [0.2, 0.25) is 0 Å². The molecule has 90 valence electrons. The third-order valence-electron chi connectivity index (χ3n) is 5.58. The van der Waals surface area contributed by atoms with Crippen LogP contribution in [-0.2, 0) is 0 Å². The lowest BCUT2D eigenvalue weighted by molar-refractivity contribution is 0.0262. The minimum atomic E-state index is 0.272. The van der Waals surface area contributed by atoms with Crippen LogP contribution in [0.15, 0.2) is 0 Å². The molecule has 0 spiro atoms. The molecule has 5 unspecified atom stereocenters. The molecule has 6 atom stereocenters. The lowest BCUT2D eigenvalue weighted by atomic mass is 9.56. The SMILES string of the molecule is CC#CC1(C)CC(C)[C@@H]2CCC(C)C2C1C. The zero-order valence-corrected chi connectivity index (χ0v) is 11.5. The average Bonchev–Trinajstić information content (AvgIpc) is 2.58. The maximum Gasteiger partial charge on any atom is 0.0317 e. The highest BCUT2D eigenvalue weighted by Crippen LogP contribution is 2.57. The molecule has 2 fully saturated rings. The van der Waals surface area contributed by atoms with Gasteiger partial charge in [0.15, 0.2) is 0 Å². The van der Waals surface area contributed by atoms with Crippen LogP contribution in [0.5, 0.6) is 0 Å². The predicted octanol–water partition coefficient (Wildman–Crippen LogP) is 4.35. The minimum Gasteiger partial charge on any atom is -0.106 e. The fourth-order valence-electron chi connectivity index (χ4n) is 4.67. The van der Waals surface area contributed by atoms with Crippen molar-refractivity contribution in [3.63, 3.8) is 0 Å². The molecule has 0 aromatic rings. The molecule has 0 bridgehead atoms. The number of fused-ring (bicyclic) bond motifs is 1. The van der Waals surface area contributed by atoms with Gasteiger partial charge in [-0.15, -0.1) is 5.92 Å². The second-order valence-electron chi connectivity index (χ2n) is 6.56. The van der Waals surface area contributed by atoms with E-state index in [1.54, 1.807) is 0 Å². The highest BCUT2D eigenvalue weighted by Gasteiger charge is 2.50. The van der Waals surface area contributed by atoms with Crippen LogP contribution in [0, 0.1) is 46.8 Å². The second-order valence-corrected chi connectivity index (χ2v) is 6.56. The quantitative estimate of drug-likeness (QED) is 0.530. The van der Waals surface area contributed by atoms with Crippen LogP contribution in [0.25, 0.3) is 0 Å². The van der Waals surface area contributed by atoms with E-state index in [1.165, 1.54) is 19.3 Å². The molecule has 2 rings (SSSR count). The first-order chi connectivity index (χ1) is 7.49. The van der Waals surface area contributed by atoms with Crippen molar-refractivity contribution in [2.24, 2.45) is 35.0 Å². The number of hydrogen-bond acceptors (Lipinski definition) is 0. The molecule has 2 aliphatic carbocycles. The van der Waals surface area contributed by atoms with Gasteiger partial charge in [-0.1, -0.05) is 33.1 Å². The molecule has 16 heavy (non-hydrogen) atoms. The van der Waals surface area contributed by atoms with Crippen LogP contribution in [-0.4, -0.2) is 0 Å². The Morgan fingerprint density at radius 3 is 2.38 bits per heavy atom. The van der Waals surface area contributed by atoms with Gasteiger partial charge in [-0.05, 0) is 56.3 Å². The van der Waals surface area contributed by atoms with E-state index in [0.29, 0.717) is 0 Å². The summed E-state index contributed by atoms with van der Waals surface area (Å²) < 4.78 is 0. The molecule has 0 heterocycles. The molecule has 0 aromatic heterocycles. The molecular weight excluding hydrogens is 192 g/mol. The largest absolute Gasteiger partial charge is 0.106 e. The zero-order valence-electron chi connectivity index (χ0n) is 11.5. The summed E-state index contributed by atoms with van der Waals surface area (Å²) >= 11 is 0. The van der Waals surface area contributed by atoms with Crippen molar-refractivity contribution in [2.45, 2.75) is 53.9 Å². The van der Waals surface area contributed by atoms with Gasteiger partial charge in [0.1, 0.15) is 0 Å². The van der Waals surface area contributed by atoms with Gasteiger partial charge in [0.05, 0.1) is 0 Å². The highest BCUT2D eigenvalue weighted by atomic mass is 14.5. The van der Waals surface area contributed by atoms with Crippen LogP contribution in [0.3, 0.4) is 0 Å². The lowest BCUT2D eigenvalue weighted by Crippen LogP contribution is -2.43. The summed E-state index contributed by atoms with van der Waals surface area (Å²) in [6.07, 6.45) is 4.22. The third kappa shape index (κ3) is 1.69. The Hall–Kier alpha value is -0.440. The number of hydrogen-bond donors (Lipinski definition) is 0. The molecule has 0 N–H and O–H groups in total. The van der Waals surface area contributed by atoms with Gasteiger partial charge in [0, 0.05) is 5.41 Å². The van der Waals surface area contributed by atoms with Crippen LogP contribution in [0.2, 0.25) is 0 Å². The lowest BCUT2D eigenvalue weighted by Gasteiger charge is -2.48. The summed E-state index contributed by atoms with van der Waals surface area (Å²) in [7, 11) is 0. The Bertz CT molecular complexity index is 319. The van der Waals surface area contributed by atoms with Gasteiger partial charge < -0.3 is 0 Å². The molecular formula is C16H26. The molecule has 0 nitrogen and oxygen atoms in total. The topological polar surface area (TPSA) is 0 Å². The van der Waals surface area contributed by atoms with Gasteiger partial charge in [-0.2, -0.15) is 0 Å². The first kappa shape index (κ1) is 12.0. The summed E-state index contributed by atoms with van der Waals surface area (Å²) in [6.45, 7) is 11.8.